The number of thiazole rings is 1. The number of benzene rings is 2. The zero-order valence-corrected chi connectivity index (χ0v) is 12.9. The molecule has 0 N–H and O–H groups in total. The Balaban J connectivity index is 1.88. The summed E-state index contributed by atoms with van der Waals surface area (Å²) in [4.78, 5) is 4.60. The van der Waals surface area contributed by atoms with Gasteiger partial charge in [-0.1, -0.05) is 52.3 Å². The van der Waals surface area contributed by atoms with Crippen LogP contribution in [0, 0.1) is 5.82 Å². The maximum absolute atomic E-state index is 13.6. The summed E-state index contributed by atoms with van der Waals surface area (Å²) in [5.74, 6) is -0.176. The standard InChI is InChI=1S/C16H11BrFNS/c17-13-7-3-2-6-12(13)15-10-20-16(19-15)9-11-5-1-4-8-14(11)18/h1-8,10H,9H2. The molecule has 1 aromatic heterocycles. The normalized spacial score (nSPS) is 10.7. The first-order valence-corrected chi connectivity index (χ1v) is 7.84. The SMILES string of the molecule is Fc1ccccc1Cc1nc(-c2ccccc2Br)cs1. The monoisotopic (exact) mass is 347 g/mol. The second-order valence-corrected chi connectivity index (χ2v) is 6.17. The van der Waals surface area contributed by atoms with Crippen molar-refractivity contribution < 1.29 is 4.39 Å². The summed E-state index contributed by atoms with van der Waals surface area (Å²) in [5.41, 5.74) is 2.66. The van der Waals surface area contributed by atoms with E-state index in [0.29, 0.717) is 12.0 Å². The van der Waals surface area contributed by atoms with Gasteiger partial charge in [0.2, 0.25) is 0 Å². The van der Waals surface area contributed by atoms with E-state index in [1.54, 1.807) is 23.5 Å². The molecule has 0 bridgehead atoms. The lowest BCUT2D eigenvalue weighted by molar-refractivity contribution is 0.614. The van der Waals surface area contributed by atoms with Crippen molar-refractivity contribution in [3.63, 3.8) is 0 Å². The minimum Gasteiger partial charge on any atom is -0.241 e. The highest BCUT2D eigenvalue weighted by molar-refractivity contribution is 9.10. The van der Waals surface area contributed by atoms with Crippen LogP contribution in [0.1, 0.15) is 10.6 Å². The second-order valence-electron chi connectivity index (χ2n) is 4.37. The first-order valence-electron chi connectivity index (χ1n) is 6.17. The quantitative estimate of drug-likeness (QED) is 0.626. The molecule has 0 atom stereocenters. The van der Waals surface area contributed by atoms with Gasteiger partial charge in [0.25, 0.3) is 0 Å². The predicted molar refractivity (Wildman–Crippen MR) is 84.5 cm³/mol. The second kappa shape index (κ2) is 5.85. The van der Waals surface area contributed by atoms with E-state index < -0.39 is 0 Å². The lowest BCUT2D eigenvalue weighted by Crippen LogP contribution is -1.91. The molecule has 0 aliphatic carbocycles. The third kappa shape index (κ3) is 2.81. The van der Waals surface area contributed by atoms with Crippen molar-refractivity contribution >= 4 is 27.3 Å². The highest BCUT2D eigenvalue weighted by atomic mass is 79.9. The van der Waals surface area contributed by atoms with Crippen LogP contribution < -0.4 is 0 Å². The molecule has 3 aromatic rings. The van der Waals surface area contributed by atoms with Gasteiger partial charge in [0, 0.05) is 21.8 Å². The Labute approximate surface area is 129 Å². The first-order chi connectivity index (χ1) is 9.74. The zero-order valence-electron chi connectivity index (χ0n) is 10.5. The summed E-state index contributed by atoms with van der Waals surface area (Å²) in [7, 11) is 0. The third-order valence-corrected chi connectivity index (χ3v) is 4.54. The lowest BCUT2D eigenvalue weighted by Gasteiger charge is -2.00. The fourth-order valence-electron chi connectivity index (χ4n) is 1.99. The van der Waals surface area contributed by atoms with Gasteiger partial charge in [0.15, 0.2) is 0 Å². The molecule has 0 aliphatic rings. The Morgan fingerprint density at radius 2 is 1.80 bits per heavy atom. The molecule has 0 saturated heterocycles. The Kier molecular flexibility index (Phi) is 3.94. The molecule has 1 nitrogen and oxygen atoms in total. The van der Waals surface area contributed by atoms with Crippen LogP contribution in [0.15, 0.2) is 58.4 Å². The van der Waals surface area contributed by atoms with Crippen molar-refractivity contribution in [1.82, 2.24) is 4.98 Å². The zero-order chi connectivity index (χ0) is 13.9. The molecule has 0 saturated carbocycles. The Morgan fingerprint density at radius 3 is 2.60 bits per heavy atom. The topological polar surface area (TPSA) is 12.9 Å². The van der Waals surface area contributed by atoms with Gasteiger partial charge in [0.1, 0.15) is 5.82 Å². The van der Waals surface area contributed by atoms with E-state index in [1.165, 1.54) is 6.07 Å². The smallest absolute Gasteiger partial charge is 0.126 e. The van der Waals surface area contributed by atoms with Gasteiger partial charge >= 0.3 is 0 Å². The van der Waals surface area contributed by atoms with E-state index in [-0.39, 0.29) is 5.82 Å². The fourth-order valence-corrected chi connectivity index (χ4v) is 3.29. The average molecular weight is 348 g/mol. The maximum atomic E-state index is 13.6. The van der Waals surface area contributed by atoms with Crippen LogP contribution >= 0.6 is 27.3 Å². The molecule has 3 rings (SSSR count). The van der Waals surface area contributed by atoms with Crippen LogP contribution in [0.25, 0.3) is 11.3 Å². The highest BCUT2D eigenvalue weighted by Crippen LogP contribution is 2.29. The average Bonchev–Trinajstić information content (AvgIpc) is 2.90. The summed E-state index contributed by atoms with van der Waals surface area (Å²) >= 11 is 5.08. The molecule has 2 aromatic carbocycles. The van der Waals surface area contributed by atoms with Crippen LogP contribution in [0.3, 0.4) is 0 Å². The first kappa shape index (κ1) is 13.5. The largest absolute Gasteiger partial charge is 0.241 e. The van der Waals surface area contributed by atoms with Gasteiger partial charge in [-0.25, -0.2) is 9.37 Å². The van der Waals surface area contributed by atoms with Crippen molar-refractivity contribution in [2.45, 2.75) is 6.42 Å². The van der Waals surface area contributed by atoms with E-state index in [9.17, 15) is 4.39 Å². The fraction of sp³-hybridized carbons (Fsp3) is 0.0625. The van der Waals surface area contributed by atoms with E-state index in [4.69, 9.17) is 0 Å². The molecule has 1 heterocycles. The van der Waals surface area contributed by atoms with Crippen LogP contribution in [0.5, 0.6) is 0 Å². The number of aromatic nitrogens is 1. The van der Waals surface area contributed by atoms with E-state index in [0.717, 1.165) is 20.7 Å². The van der Waals surface area contributed by atoms with Crippen LogP contribution in [-0.4, -0.2) is 4.98 Å². The van der Waals surface area contributed by atoms with Gasteiger partial charge in [-0.3, -0.25) is 0 Å². The minimum absolute atomic E-state index is 0.176. The Morgan fingerprint density at radius 1 is 1.05 bits per heavy atom. The number of hydrogen-bond donors (Lipinski definition) is 0. The van der Waals surface area contributed by atoms with Crippen molar-refractivity contribution in [3.05, 3.63) is 74.8 Å². The van der Waals surface area contributed by atoms with Crippen molar-refractivity contribution in [2.24, 2.45) is 0 Å². The van der Waals surface area contributed by atoms with Crippen molar-refractivity contribution in [3.8, 4) is 11.3 Å². The van der Waals surface area contributed by atoms with Gasteiger partial charge < -0.3 is 0 Å². The van der Waals surface area contributed by atoms with E-state index in [1.807, 2.05) is 35.7 Å². The Hall–Kier alpha value is -1.52. The molecule has 0 amide bonds. The number of nitrogens with zero attached hydrogens (tertiary/aromatic N) is 1. The molecule has 20 heavy (non-hydrogen) atoms. The third-order valence-electron chi connectivity index (χ3n) is 3.00. The summed E-state index contributed by atoms with van der Waals surface area (Å²) < 4.78 is 14.7. The number of rotatable bonds is 3. The van der Waals surface area contributed by atoms with Crippen LogP contribution in [0.2, 0.25) is 0 Å². The van der Waals surface area contributed by atoms with Crippen molar-refractivity contribution in [1.29, 1.82) is 0 Å². The summed E-state index contributed by atoms with van der Waals surface area (Å²) in [6.45, 7) is 0. The molecular formula is C16H11BrFNS. The predicted octanol–water partition coefficient (Wildman–Crippen LogP) is 5.30. The maximum Gasteiger partial charge on any atom is 0.126 e. The Bertz CT molecular complexity index is 739. The van der Waals surface area contributed by atoms with Crippen LogP contribution in [0.4, 0.5) is 4.39 Å². The van der Waals surface area contributed by atoms with Gasteiger partial charge in [-0.15, -0.1) is 11.3 Å². The summed E-state index contributed by atoms with van der Waals surface area (Å²) in [6.07, 6.45) is 0.530. The highest BCUT2D eigenvalue weighted by Gasteiger charge is 2.09. The molecular weight excluding hydrogens is 337 g/mol. The lowest BCUT2D eigenvalue weighted by atomic mass is 10.1. The molecule has 0 spiro atoms. The molecule has 0 radical (unpaired) electrons. The van der Waals surface area contributed by atoms with E-state index >= 15 is 0 Å². The van der Waals surface area contributed by atoms with Gasteiger partial charge in [-0.2, -0.15) is 0 Å². The molecule has 100 valence electrons. The molecule has 0 fully saturated rings. The van der Waals surface area contributed by atoms with Gasteiger partial charge in [0.05, 0.1) is 10.7 Å². The minimum atomic E-state index is -0.176. The number of hydrogen-bond acceptors (Lipinski definition) is 2. The molecule has 0 aliphatic heterocycles. The molecule has 0 unspecified atom stereocenters. The van der Waals surface area contributed by atoms with Crippen molar-refractivity contribution in [2.75, 3.05) is 0 Å². The van der Waals surface area contributed by atoms with Crippen LogP contribution in [-0.2, 0) is 6.42 Å². The van der Waals surface area contributed by atoms with Gasteiger partial charge in [-0.05, 0) is 17.7 Å². The van der Waals surface area contributed by atoms with E-state index in [2.05, 4.69) is 20.9 Å². The molecule has 4 heteroatoms. The summed E-state index contributed by atoms with van der Waals surface area (Å²) in [6, 6.07) is 14.8. The summed E-state index contributed by atoms with van der Waals surface area (Å²) in [5, 5.41) is 2.93. The number of halogens is 2.